The number of benzene rings is 1. The van der Waals surface area contributed by atoms with E-state index in [4.69, 9.17) is 17.3 Å². The van der Waals surface area contributed by atoms with E-state index >= 15 is 0 Å². The molecule has 1 saturated carbocycles. The number of rotatable bonds is 2. The van der Waals surface area contributed by atoms with Gasteiger partial charge in [0.25, 0.3) is 0 Å². The molecule has 0 saturated heterocycles. The second-order valence-electron chi connectivity index (χ2n) is 8.52. The monoisotopic (exact) mass is 405 g/mol. The van der Waals surface area contributed by atoms with Crippen molar-refractivity contribution in [3.05, 3.63) is 46.7 Å². The summed E-state index contributed by atoms with van der Waals surface area (Å²) in [7, 11) is 0. The van der Waals surface area contributed by atoms with Crippen LogP contribution in [0.15, 0.2) is 30.6 Å². The molecule has 4 N–H and O–H groups in total. The van der Waals surface area contributed by atoms with Crippen LogP contribution in [0.3, 0.4) is 0 Å². The molecular formula is C22H20ClN5O. The third-order valence-electron chi connectivity index (χ3n) is 6.72. The Morgan fingerprint density at radius 1 is 1.34 bits per heavy atom. The summed E-state index contributed by atoms with van der Waals surface area (Å²) < 4.78 is 0. The molecule has 1 aliphatic heterocycles. The Balaban J connectivity index is 1.67. The molecule has 0 unspecified atom stereocenters. The van der Waals surface area contributed by atoms with Crippen LogP contribution in [-0.2, 0) is 10.2 Å². The number of nitrogens with zero attached hydrogens (tertiary/aromatic N) is 2. The Morgan fingerprint density at radius 2 is 2.17 bits per heavy atom. The van der Waals surface area contributed by atoms with Crippen molar-refractivity contribution < 1.29 is 4.79 Å². The molecule has 1 fully saturated rings. The average Bonchev–Trinajstić information content (AvgIpc) is 3.39. The van der Waals surface area contributed by atoms with Crippen LogP contribution in [0.5, 0.6) is 0 Å². The van der Waals surface area contributed by atoms with Crippen LogP contribution in [0.25, 0.3) is 22.0 Å². The Labute approximate surface area is 173 Å². The first-order chi connectivity index (χ1) is 13.9. The highest BCUT2D eigenvalue weighted by Gasteiger charge is 2.53. The van der Waals surface area contributed by atoms with Crippen molar-refractivity contribution in [3.63, 3.8) is 0 Å². The lowest BCUT2D eigenvalue weighted by molar-refractivity contribution is -0.126. The Morgan fingerprint density at radius 3 is 2.90 bits per heavy atom. The van der Waals surface area contributed by atoms with Gasteiger partial charge in [-0.15, -0.1) is 0 Å². The van der Waals surface area contributed by atoms with E-state index in [1.807, 2.05) is 25.3 Å². The molecule has 6 nitrogen and oxygen atoms in total. The number of pyridine rings is 1. The first-order valence-electron chi connectivity index (χ1n) is 9.61. The molecule has 1 spiro atoms. The van der Waals surface area contributed by atoms with Crippen LogP contribution in [0.2, 0.25) is 5.02 Å². The summed E-state index contributed by atoms with van der Waals surface area (Å²) >= 11 is 6.99. The van der Waals surface area contributed by atoms with E-state index in [9.17, 15) is 10.1 Å². The van der Waals surface area contributed by atoms with Crippen LogP contribution in [0, 0.1) is 16.7 Å². The number of halogens is 1. The summed E-state index contributed by atoms with van der Waals surface area (Å²) in [5.41, 5.74) is 9.16. The van der Waals surface area contributed by atoms with Crippen molar-refractivity contribution >= 4 is 34.2 Å². The summed E-state index contributed by atoms with van der Waals surface area (Å²) in [4.78, 5) is 19.9. The number of nitrogens with one attached hydrogen (secondary N) is 2. The molecule has 0 bridgehead atoms. The maximum atomic E-state index is 12.0. The summed E-state index contributed by atoms with van der Waals surface area (Å²) in [5.74, 6) is 0.522. The zero-order valence-electron chi connectivity index (χ0n) is 16.0. The van der Waals surface area contributed by atoms with Crippen LogP contribution < -0.4 is 11.1 Å². The van der Waals surface area contributed by atoms with E-state index in [1.54, 1.807) is 12.3 Å². The summed E-state index contributed by atoms with van der Waals surface area (Å²) in [6.45, 7) is 2.64. The van der Waals surface area contributed by atoms with E-state index in [2.05, 4.69) is 21.4 Å². The number of fused-ring (bicyclic) bond motifs is 3. The maximum Gasteiger partial charge on any atom is 0.223 e. The molecule has 1 aromatic carbocycles. The third kappa shape index (κ3) is 2.47. The number of aromatic amines is 1. The van der Waals surface area contributed by atoms with Crippen molar-refractivity contribution in [1.82, 2.24) is 9.97 Å². The highest BCUT2D eigenvalue weighted by atomic mass is 35.5. The van der Waals surface area contributed by atoms with Crippen molar-refractivity contribution in [2.24, 2.45) is 11.1 Å². The molecule has 1 aliphatic carbocycles. The highest BCUT2D eigenvalue weighted by molar-refractivity contribution is 6.35. The fourth-order valence-corrected chi connectivity index (χ4v) is 5.50. The third-order valence-corrected chi connectivity index (χ3v) is 7.11. The fourth-order valence-electron chi connectivity index (χ4n) is 5.06. The number of carbonyl (C=O) groups excluding carboxylic acids is 1. The lowest BCUT2D eigenvalue weighted by atomic mass is 9.76. The topological polar surface area (TPSA) is 108 Å². The van der Waals surface area contributed by atoms with Gasteiger partial charge < -0.3 is 16.0 Å². The van der Waals surface area contributed by atoms with Gasteiger partial charge in [0.05, 0.1) is 16.7 Å². The average molecular weight is 406 g/mol. The normalized spacial score (nSPS) is 25.1. The smallest absolute Gasteiger partial charge is 0.223 e. The minimum atomic E-state index is -0.537. The van der Waals surface area contributed by atoms with Crippen molar-refractivity contribution in [2.75, 3.05) is 11.9 Å². The number of hydrogen-bond donors (Lipinski definition) is 3. The minimum Gasteiger partial charge on any atom is -0.369 e. The molecule has 2 aromatic heterocycles. The lowest BCUT2D eigenvalue weighted by Gasteiger charge is -2.27. The molecule has 146 valence electrons. The zero-order chi connectivity index (χ0) is 20.4. The number of carbonyl (C=O) groups is 1. The summed E-state index contributed by atoms with van der Waals surface area (Å²) in [6.07, 6.45) is 5.91. The Hall–Kier alpha value is -3.04. The zero-order valence-corrected chi connectivity index (χ0v) is 16.7. The standard InChI is InChI=1S/C22H20ClN5O/c1-21(20(25)29)4-5-22(10-21)11-28-19-17(22)18(23)15(9-27-19)14-8-26-16-3-2-12(7-24)6-13(14)16/h2-3,6,8-9,26H,4-5,10-11H2,1H3,(H2,25,29)(H,27,28)/t21-,22+/m0/s1. The van der Waals surface area contributed by atoms with Crippen molar-refractivity contribution in [1.29, 1.82) is 5.26 Å². The van der Waals surface area contributed by atoms with Crippen LogP contribution in [0.1, 0.15) is 37.3 Å². The summed E-state index contributed by atoms with van der Waals surface area (Å²) in [6, 6.07) is 7.72. The molecule has 2 aliphatic rings. The van der Waals surface area contributed by atoms with E-state index in [-0.39, 0.29) is 11.3 Å². The number of H-pyrrole nitrogens is 1. The molecule has 2 atom stereocenters. The minimum absolute atomic E-state index is 0.247. The molecule has 29 heavy (non-hydrogen) atoms. The van der Waals surface area contributed by atoms with Gasteiger partial charge in [0.2, 0.25) is 5.91 Å². The number of nitrogens with two attached hydrogens (primary N) is 1. The molecule has 7 heteroatoms. The van der Waals surface area contributed by atoms with Crippen LogP contribution in [0.4, 0.5) is 5.82 Å². The van der Waals surface area contributed by atoms with Gasteiger partial charge in [0.1, 0.15) is 5.82 Å². The second kappa shape index (κ2) is 5.98. The molecule has 0 radical (unpaired) electrons. The number of primary amides is 1. The van der Waals surface area contributed by atoms with Gasteiger partial charge in [-0.05, 0) is 37.5 Å². The highest BCUT2D eigenvalue weighted by Crippen LogP contribution is 2.57. The van der Waals surface area contributed by atoms with Gasteiger partial charge in [0.15, 0.2) is 0 Å². The first kappa shape index (κ1) is 18.0. The summed E-state index contributed by atoms with van der Waals surface area (Å²) in [5, 5.41) is 14.2. The SMILES string of the molecule is C[C@]1(C(N)=O)CC[C@]2(CNc3ncc(-c4c[nH]c5ccc(C#N)cc45)c(Cl)c32)C1. The van der Waals surface area contributed by atoms with E-state index in [0.717, 1.165) is 46.3 Å². The number of amides is 1. The van der Waals surface area contributed by atoms with Crippen LogP contribution >= 0.6 is 11.6 Å². The first-order valence-corrected chi connectivity index (χ1v) is 9.99. The molecule has 3 heterocycles. The van der Waals surface area contributed by atoms with Gasteiger partial charge in [0, 0.05) is 57.4 Å². The maximum absolute atomic E-state index is 12.0. The number of nitriles is 1. The number of aromatic nitrogens is 2. The van der Waals surface area contributed by atoms with Gasteiger partial charge in [-0.1, -0.05) is 18.5 Å². The van der Waals surface area contributed by atoms with Gasteiger partial charge >= 0.3 is 0 Å². The number of anilines is 1. The number of hydrogen-bond acceptors (Lipinski definition) is 4. The second-order valence-corrected chi connectivity index (χ2v) is 8.90. The molecule has 5 rings (SSSR count). The Bertz CT molecular complexity index is 1230. The molecule has 3 aromatic rings. The van der Waals surface area contributed by atoms with E-state index in [0.29, 0.717) is 23.6 Å². The van der Waals surface area contributed by atoms with Gasteiger partial charge in [-0.25, -0.2) is 4.98 Å². The van der Waals surface area contributed by atoms with Crippen LogP contribution in [-0.4, -0.2) is 22.4 Å². The van der Waals surface area contributed by atoms with Crippen molar-refractivity contribution in [3.8, 4) is 17.2 Å². The van der Waals surface area contributed by atoms with E-state index < -0.39 is 5.41 Å². The lowest BCUT2D eigenvalue weighted by Crippen LogP contribution is -2.35. The van der Waals surface area contributed by atoms with Crippen molar-refractivity contribution in [2.45, 2.75) is 31.6 Å². The molecular weight excluding hydrogens is 386 g/mol. The fraction of sp³-hybridized carbons (Fsp3) is 0.318. The molecule has 1 amide bonds. The van der Waals surface area contributed by atoms with Gasteiger partial charge in [-0.2, -0.15) is 5.26 Å². The largest absolute Gasteiger partial charge is 0.369 e. The van der Waals surface area contributed by atoms with E-state index in [1.165, 1.54) is 0 Å². The van der Waals surface area contributed by atoms with Gasteiger partial charge in [-0.3, -0.25) is 4.79 Å². The quantitative estimate of drug-likeness (QED) is 0.596. The predicted molar refractivity (Wildman–Crippen MR) is 113 cm³/mol. The Kier molecular flexibility index (Phi) is 3.71. The predicted octanol–water partition coefficient (Wildman–Crippen LogP) is 4.09.